The maximum absolute atomic E-state index is 5.93. The quantitative estimate of drug-likeness (QED) is 0.877. The fourth-order valence-electron chi connectivity index (χ4n) is 1.82. The minimum absolute atomic E-state index is 0.660. The number of methoxy groups -OCH3 is 1. The van der Waals surface area contributed by atoms with E-state index < -0.39 is 0 Å². The van der Waals surface area contributed by atoms with Crippen LogP contribution in [0.15, 0.2) is 46.9 Å². The first-order chi connectivity index (χ1) is 8.20. The molecule has 0 unspecified atom stereocenters. The van der Waals surface area contributed by atoms with Gasteiger partial charge in [0.15, 0.2) is 5.75 Å². The molecule has 0 spiro atoms. The third-order valence-electron chi connectivity index (χ3n) is 2.59. The summed E-state index contributed by atoms with van der Waals surface area (Å²) in [5, 5.41) is 0. The van der Waals surface area contributed by atoms with E-state index in [1.165, 1.54) is 11.1 Å². The molecule has 0 radical (unpaired) electrons. The van der Waals surface area contributed by atoms with Crippen molar-refractivity contribution in [1.82, 2.24) is 0 Å². The lowest BCUT2D eigenvalue weighted by atomic mass is 10.0. The third-order valence-corrected chi connectivity index (χ3v) is 3.18. The van der Waals surface area contributed by atoms with Crippen LogP contribution in [0.25, 0.3) is 0 Å². The molecule has 0 aliphatic heterocycles. The standard InChI is InChI=1S/C14H14BrNO/c1-17-14-12(15)8-11(9-13(14)16)7-10-5-3-2-4-6-10/h2-6,8-9H,7,16H2,1H3. The van der Waals surface area contributed by atoms with Gasteiger partial charge < -0.3 is 10.5 Å². The zero-order chi connectivity index (χ0) is 12.3. The molecular formula is C14H14BrNO. The molecule has 0 bridgehead atoms. The van der Waals surface area contributed by atoms with E-state index in [4.69, 9.17) is 10.5 Å². The lowest BCUT2D eigenvalue weighted by Gasteiger charge is -2.10. The molecule has 0 amide bonds. The van der Waals surface area contributed by atoms with E-state index in [2.05, 4.69) is 28.1 Å². The van der Waals surface area contributed by atoms with Crippen LogP contribution in [0.4, 0.5) is 5.69 Å². The molecule has 0 heterocycles. The topological polar surface area (TPSA) is 35.2 Å². The Labute approximate surface area is 110 Å². The summed E-state index contributed by atoms with van der Waals surface area (Å²) in [4.78, 5) is 0. The van der Waals surface area contributed by atoms with Gasteiger partial charge >= 0.3 is 0 Å². The molecule has 0 aliphatic rings. The Balaban J connectivity index is 2.29. The van der Waals surface area contributed by atoms with Gasteiger partial charge in [-0.25, -0.2) is 0 Å². The molecule has 3 heteroatoms. The Morgan fingerprint density at radius 1 is 1.12 bits per heavy atom. The minimum Gasteiger partial charge on any atom is -0.493 e. The summed E-state index contributed by atoms with van der Waals surface area (Å²) in [6.45, 7) is 0. The van der Waals surface area contributed by atoms with Gasteiger partial charge in [0.25, 0.3) is 0 Å². The van der Waals surface area contributed by atoms with Crippen LogP contribution in [0, 0.1) is 0 Å². The highest BCUT2D eigenvalue weighted by molar-refractivity contribution is 9.10. The van der Waals surface area contributed by atoms with Gasteiger partial charge in [-0.05, 0) is 45.6 Å². The smallest absolute Gasteiger partial charge is 0.155 e. The molecule has 2 nitrogen and oxygen atoms in total. The van der Waals surface area contributed by atoms with Crippen molar-refractivity contribution in [2.75, 3.05) is 12.8 Å². The molecule has 0 saturated carbocycles. The molecule has 0 aliphatic carbocycles. The largest absolute Gasteiger partial charge is 0.493 e. The van der Waals surface area contributed by atoms with Crippen LogP contribution >= 0.6 is 15.9 Å². The second-order valence-electron chi connectivity index (χ2n) is 3.86. The fourth-order valence-corrected chi connectivity index (χ4v) is 2.51. The number of benzene rings is 2. The summed E-state index contributed by atoms with van der Waals surface area (Å²) in [5.41, 5.74) is 9.03. The normalized spacial score (nSPS) is 10.2. The SMILES string of the molecule is COc1c(N)cc(Cc2ccccc2)cc1Br. The molecule has 2 rings (SSSR count). The van der Waals surface area contributed by atoms with Crippen molar-refractivity contribution >= 4 is 21.6 Å². The first-order valence-corrected chi connectivity index (χ1v) is 6.16. The van der Waals surface area contributed by atoms with Crippen molar-refractivity contribution in [1.29, 1.82) is 0 Å². The number of hydrogen-bond donors (Lipinski definition) is 1. The molecule has 88 valence electrons. The number of anilines is 1. The summed E-state index contributed by atoms with van der Waals surface area (Å²) in [6.07, 6.45) is 0.869. The Kier molecular flexibility index (Phi) is 3.69. The van der Waals surface area contributed by atoms with Gasteiger partial charge in [0.1, 0.15) is 0 Å². The number of halogens is 1. The van der Waals surface area contributed by atoms with Crippen molar-refractivity contribution in [3.8, 4) is 5.75 Å². The molecular weight excluding hydrogens is 278 g/mol. The van der Waals surface area contributed by atoms with Crippen molar-refractivity contribution in [2.45, 2.75) is 6.42 Å². The Morgan fingerprint density at radius 3 is 2.41 bits per heavy atom. The maximum Gasteiger partial charge on any atom is 0.155 e. The van der Waals surface area contributed by atoms with E-state index in [-0.39, 0.29) is 0 Å². The van der Waals surface area contributed by atoms with Gasteiger partial charge in [-0.2, -0.15) is 0 Å². The summed E-state index contributed by atoms with van der Waals surface area (Å²) >= 11 is 3.47. The first-order valence-electron chi connectivity index (χ1n) is 5.36. The number of nitrogens with two attached hydrogens (primary N) is 1. The molecule has 0 aromatic heterocycles. The van der Waals surface area contributed by atoms with Gasteiger partial charge in [0.05, 0.1) is 17.3 Å². The van der Waals surface area contributed by atoms with Crippen molar-refractivity contribution in [2.24, 2.45) is 0 Å². The number of nitrogen functional groups attached to an aromatic ring is 1. The van der Waals surface area contributed by atoms with Gasteiger partial charge in [0, 0.05) is 0 Å². The molecule has 0 atom stereocenters. The Bertz CT molecular complexity index is 488. The van der Waals surface area contributed by atoms with Crippen molar-refractivity contribution < 1.29 is 4.74 Å². The molecule has 17 heavy (non-hydrogen) atoms. The molecule has 2 N–H and O–H groups in total. The fraction of sp³-hybridized carbons (Fsp3) is 0.143. The summed E-state index contributed by atoms with van der Waals surface area (Å²) in [5.74, 6) is 0.696. The number of ether oxygens (including phenoxy) is 1. The average Bonchev–Trinajstić information content (AvgIpc) is 2.30. The van der Waals surface area contributed by atoms with E-state index in [1.807, 2.05) is 30.3 Å². The maximum atomic E-state index is 5.93. The van der Waals surface area contributed by atoms with Crippen LogP contribution in [-0.4, -0.2) is 7.11 Å². The van der Waals surface area contributed by atoms with Crippen molar-refractivity contribution in [3.63, 3.8) is 0 Å². The van der Waals surface area contributed by atoms with Crippen LogP contribution in [0.3, 0.4) is 0 Å². The Morgan fingerprint density at radius 2 is 1.82 bits per heavy atom. The number of hydrogen-bond acceptors (Lipinski definition) is 2. The van der Waals surface area contributed by atoms with Crippen LogP contribution < -0.4 is 10.5 Å². The van der Waals surface area contributed by atoms with Gasteiger partial charge in [-0.15, -0.1) is 0 Å². The van der Waals surface area contributed by atoms with E-state index in [0.29, 0.717) is 11.4 Å². The monoisotopic (exact) mass is 291 g/mol. The van der Waals surface area contributed by atoms with Gasteiger partial charge in [-0.3, -0.25) is 0 Å². The molecule has 0 saturated heterocycles. The predicted molar refractivity (Wildman–Crippen MR) is 74.4 cm³/mol. The van der Waals surface area contributed by atoms with Crippen LogP contribution in [-0.2, 0) is 6.42 Å². The summed E-state index contributed by atoms with van der Waals surface area (Å²) in [6, 6.07) is 14.3. The van der Waals surface area contributed by atoms with Crippen LogP contribution in [0.1, 0.15) is 11.1 Å². The molecule has 2 aromatic carbocycles. The first kappa shape index (κ1) is 12.0. The highest BCUT2D eigenvalue weighted by atomic mass is 79.9. The van der Waals surface area contributed by atoms with E-state index in [1.54, 1.807) is 7.11 Å². The molecule has 2 aromatic rings. The third kappa shape index (κ3) is 2.80. The lowest BCUT2D eigenvalue weighted by molar-refractivity contribution is 0.414. The zero-order valence-corrected chi connectivity index (χ0v) is 11.2. The van der Waals surface area contributed by atoms with Gasteiger partial charge in [0.2, 0.25) is 0 Å². The van der Waals surface area contributed by atoms with Crippen LogP contribution in [0.2, 0.25) is 0 Å². The van der Waals surface area contributed by atoms with Crippen molar-refractivity contribution in [3.05, 3.63) is 58.1 Å². The minimum atomic E-state index is 0.660. The van der Waals surface area contributed by atoms with Gasteiger partial charge in [-0.1, -0.05) is 30.3 Å². The highest BCUT2D eigenvalue weighted by Gasteiger charge is 2.07. The summed E-state index contributed by atoms with van der Waals surface area (Å²) in [7, 11) is 1.62. The second kappa shape index (κ2) is 5.23. The molecule has 0 fully saturated rings. The number of rotatable bonds is 3. The lowest BCUT2D eigenvalue weighted by Crippen LogP contribution is -1.96. The zero-order valence-electron chi connectivity index (χ0n) is 9.61. The highest BCUT2D eigenvalue weighted by Crippen LogP contribution is 2.33. The predicted octanol–water partition coefficient (Wildman–Crippen LogP) is 3.63. The summed E-state index contributed by atoms with van der Waals surface area (Å²) < 4.78 is 6.10. The van der Waals surface area contributed by atoms with E-state index in [9.17, 15) is 0 Å². The Hall–Kier alpha value is -1.48. The average molecular weight is 292 g/mol. The van der Waals surface area contributed by atoms with E-state index >= 15 is 0 Å². The van der Waals surface area contributed by atoms with E-state index in [0.717, 1.165) is 10.9 Å². The van der Waals surface area contributed by atoms with Crippen LogP contribution in [0.5, 0.6) is 5.75 Å². The second-order valence-corrected chi connectivity index (χ2v) is 4.72.